The van der Waals surface area contributed by atoms with Crippen LogP contribution in [-0.2, 0) is 9.53 Å². The number of carbonyl (C=O) groups is 3. The van der Waals surface area contributed by atoms with E-state index in [1.165, 1.54) is 0 Å². The zero-order valence-electron chi connectivity index (χ0n) is 13.4. The zero-order chi connectivity index (χ0) is 20.0. The molecule has 0 aromatic heterocycles. The van der Waals surface area contributed by atoms with Crippen molar-refractivity contribution in [2.24, 2.45) is 0 Å². The number of alkyl halides is 2. The predicted octanol–water partition coefficient (Wildman–Crippen LogP) is 2.68. The summed E-state index contributed by atoms with van der Waals surface area (Å²) >= 11 is 0. The Morgan fingerprint density at radius 2 is 1.52 bits per heavy atom. The van der Waals surface area contributed by atoms with Crippen LogP contribution >= 0.6 is 0 Å². The highest BCUT2D eigenvalue weighted by Gasteiger charge is 2.15. The SMILES string of the molecule is O=C(COC(=O)c1cc(F)cc(F)c1)NC(=O)c1ccc(OC(F)F)cc1. The van der Waals surface area contributed by atoms with Gasteiger partial charge >= 0.3 is 12.6 Å². The molecule has 0 heterocycles. The van der Waals surface area contributed by atoms with E-state index in [2.05, 4.69) is 9.47 Å². The van der Waals surface area contributed by atoms with Gasteiger partial charge < -0.3 is 9.47 Å². The van der Waals surface area contributed by atoms with Crippen molar-refractivity contribution in [3.05, 3.63) is 65.2 Å². The van der Waals surface area contributed by atoms with Gasteiger partial charge in [0.25, 0.3) is 11.8 Å². The summed E-state index contributed by atoms with van der Waals surface area (Å²) in [7, 11) is 0. The molecule has 27 heavy (non-hydrogen) atoms. The molecule has 2 aromatic rings. The van der Waals surface area contributed by atoms with Crippen LogP contribution in [0.4, 0.5) is 17.6 Å². The smallest absolute Gasteiger partial charge is 0.387 e. The number of amides is 2. The summed E-state index contributed by atoms with van der Waals surface area (Å²) in [5, 5.41) is 1.89. The molecule has 2 rings (SSSR count). The Labute approximate surface area is 149 Å². The van der Waals surface area contributed by atoms with Crippen molar-refractivity contribution >= 4 is 17.8 Å². The first kappa shape index (κ1) is 19.9. The molecule has 0 aliphatic heterocycles. The van der Waals surface area contributed by atoms with E-state index in [1.807, 2.05) is 5.32 Å². The second-order valence-electron chi connectivity index (χ2n) is 5.01. The van der Waals surface area contributed by atoms with Gasteiger partial charge in [-0.1, -0.05) is 0 Å². The van der Waals surface area contributed by atoms with E-state index < -0.39 is 48.2 Å². The normalized spacial score (nSPS) is 10.4. The number of carbonyl (C=O) groups excluding carboxylic acids is 3. The molecule has 1 N–H and O–H groups in total. The predicted molar refractivity (Wildman–Crippen MR) is 82.2 cm³/mol. The van der Waals surface area contributed by atoms with E-state index >= 15 is 0 Å². The highest BCUT2D eigenvalue weighted by atomic mass is 19.3. The molecule has 0 bridgehead atoms. The summed E-state index contributed by atoms with van der Waals surface area (Å²) < 4.78 is 58.8. The summed E-state index contributed by atoms with van der Waals surface area (Å²) in [5.41, 5.74) is -0.482. The Kier molecular flexibility index (Phi) is 6.47. The Morgan fingerprint density at radius 3 is 2.07 bits per heavy atom. The van der Waals surface area contributed by atoms with Crippen molar-refractivity contribution in [3.8, 4) is 5.75 Å². The highest BCUT2D eigenvalue weighted by molar-refractivity contribution is 6.05. The van der Waals surface area contributed by atoms with Gasteiger partial charge in [0.15, 0.2) is 6.61 Å². The fourth-order valence-electron chi connectivity index (χ4n) is 1.91. The van der Waals surface area contributed by atoms with Crippen molar-refractivity contribution in [1.29, 1.82) is 0 Å². The van der Waals surface area contributed by atoms with E-state index in [0.717, 1.165) is 36.4 Å². The van der Waals surface area contributed by atoms with E-state index in [0.29, 0.717) is 6.07 Å². The number of rotatable bonds is 6. The van der Waals surface area contributed by atoms with Crippen molar-refractivity contribution in [1.82, 2.24) is 5.32 Å². The first-order valence-electron chi connectivity index (χ1n) is 7.27. The molecule has 2 amide bonds. The molecular weight excluding hydrogens is 374 g/mol. The van der Waals surface area contributed by atoms with Crippen LogP contribution in [0.2, 0.25) is 0 Å². The average Bonchev–Trinajstić information content (AvgIpc) is 2.58. The maximum absolute atomic E-state index is 13.0. The van der Waals surface area contributed by atoms with E-state index in [9.17, 15) is 31.9 Å². The lowest BCUT2D eigenvalue weighted by Gasteiger charge is -2.07. The van der Waals surface area contributed by atoms with Gasteiger partial charge in [-0.15, -0.1) is 0 Å². The third-order valence-corrected chi connectivity index (χ3v) is 3.03. The minimum Gasteiger partial charge on any atom is -0.452 e. The van der Waals surface area contributed by atoms with Crippen molar-refractivity contribution in [2.45, 2.75) is 6.61 Å². The molecule has 0 unspecified atom stereocenters. The van der Waals surface area contributed by atoms with Crippen LogP contribution in [0.25, 0.3) is 0 Å². The summed E-state index contributed by atoms with van der Waals surface area (Å²) in [5.74, 6) is -5.22. The van der Waals surface area contributed by atoms with Gasteiger partial charge in [0.2, 0.25) is 0 Å². The number of ether oxygens (including phenoxy) is 2. The minimum atomic E-state index is -3.02. The fraction of sp³-hybridized carbons (Fsp3) is 0.118. The van der Waals surface area contributed by atoms with Gasteiger partial charge in [0.05, 0.1) is 5.56 Å². The minimum absolute atomic E-state index is 0.0384. The maximum Gasteiger partial charge on any atom is 0.387 e. The summed E-state index contributed by atoms with van der Waals surface area (Å²) in [4.78, 5) is 35.1. The van der Waals surface area contributed by atoms with Crippen molar-refractivity contribution < 1.29 is 41.4 Å². The number of halogens is 4. The maximum atomic E-state index is 13.0. The number of hydrogen-bond acceptors (Lipinski definition) is 5. The monoisotopic (exact) mass is 385 g/mol. The number of nitrogens with one attached hydrogen (secondary N) is 1. The summed E-state index contributed by atoms with van der Waals surface area (Å²) in [6.45, 7) is -3.90. The Bertz CT molecular complexity index is 835. The highest BCUT2D eigenvalue weighted by Crippen LogP contribution is 2.15. The van der Waals surface area contributed by atoms with Gasteiger partial charge in [-0.25, -0.2) is 13.6 Å². The molecule has 0 saturated heterocycles. The number of esters is 1. The van der Waals surface area contributed by atoms with Crippen LogP contribution in [0.5, 0.6) is 5.75 Å². The number of imide groups is 1. The Hall–Kier alpha value is -3.43. The van der Waals surface area contributed by atoms with Gasteiger partial charge in [-0.2, -0.15) is 8.78 Å². The largest absolute Gasteiger partial charge is 0.452 e. The molecule has 0 saturated carbocycles. The van der Waals surface area contributed by atoms with Gasteiger partial charge in [-0.05, 0) is 36.4 Å². The van der Waals surface area contributed by atoms with Crippen molar-refractivity contribution in [2.75, 3.05) is 6.61 Å². The summed E-state index contributed by atoms with van der Waals surface area (Å²) in [6, 6.07) is 6.48. The third kappa shape index (κ3) is 6.10. The average molecular weight is 385 g/mol. The molecule has 10 heteroatoms. The van der Waals surface area contributed by atoms with Gasteiger partial charge in [0, 0.05) is 11.6 Å². The lowest BCUT2D eigenvalue weighted by atomic mass is 10.2. The lowest BCUT2D eigenvalue weighted by Crippen LogP contribution is -2.34. The van der Waals surface area contributed by atoms with Crippen LogP contribution in [0.1, 0.15) is 20.7 Å². The molecule has 0 atom stereocenters. The number of benzene rings is 2. The van der Waals surface area contributed by atoms with E-state index in [4.69, 9.17) is 0 Å². The number of hydrogen-bond donors (Lipinski definition) is 1. The van der Waals surface area contributed by atoms with Gasteiger partial charge in [0.1, 0.15) is 17.4 Å². The Balaban J connectivity index is 1.87. The van der Waals surface area contributed by atoms with Gasteiger partial charge in [-0.3, -0.25) is 14.9 Å². The second-order valence-corrected chi connectivity index (χ2v) is 5.01. The Morgan fingerprint density at radius 1 is 0.926 bits per heavy atom. The zero-order valence-corrected chi connectivity index (χ0v) is 13.4. The van der Waals surface area contributed by atoms with Crippen molar-refractivity contribution in [3.63, 3.8) is 0 Å². The quantitative estimate of drug-likeness (QED) is 0.611. The molecule has 0 radical (unpaired) electrons. The van der Waals surface area contributed by atoms with Crippen LogP contribution in [0, 0.1) is 11.6 Å². The standard InChI is InChI=1S/C17H11F4NO5/c18-11-5-10(6-12(19)7-11)16(25)26-8-14(23)22-15(24)9-1-3-13(4-2-9)27-17(20)21/h1-7,17H,8H2,(H,22,23,24). The first-order valence-corrected chi connectivity index (χ1v) is 7.27. The molecule has 142 valence electrons. The summed E-state index contributed by atoms with van der Waals surface area (Å²) in [6.07, 6.45) is 0. The molecule has 0 spiro atoms. The molecule has 6 nitrogen and oxygen atoms in total. The van der Waals surface area contributed by atoms with Crippen LogP contribution in [0.15, 0.2) is 42.5 Å². The fourth-order valence-corrected chi connectivity index (χ4v) is 1.91. The van der Waals surface area contributed by atoms with E-state index in [-0.39, 0.29) is 11.3 Å². The topological polar surface area (TPSA) is 81.7 Å². The molecule has 0 fully saturated rings. The molecule has 2 aromatic carbocycles. The molecule has 0 aliphatic carbocycles. The van der Waals surface area contributed by atoms with Crippen LogP contribution < -0.4 is 10.1 Å². The lowest BCUT2D eigenvalue weighted by molar-refractivity contribution is -0.123. The second kappa shape index (κ2) is 8.79. The molecular formula is C17H11F4NO5. The van der Waals surface area contributed by atoms with E-state index in [1.54, 1.807) is 0 Å². The first-order chi connectivity index (χ1) is 12.7. The van der Waals surface area contributed by atoms with Crippen LogP contribution in [0.3, 0.4) is 0 Å². The van der Waals surface area contributed by atoms with Crippen LogP contribution in [-0.4, -0.2) is 31.0 Å². The molecule has 0 aliphatic rings. The third-order valence-electron chi connectivity index (χ3n) is 3.03.